The van der Waals surface area contributed by atoms with Gasteiger partial charge < -0.3 is 19.1 Å². The lowest BCUT2D eigenvalue weighted by Gasteiger charge is -2.46. The molecule has 0 aliphatic carbocycles. The summed E-state index contributed by atoms with van der Waals surface area (Å²) in [6.07, 6.45) is 2.28. The van der Waals surface area contributed by atoms with Crippen molar-refractivity contribution in [1.82, 2.24) is 4.90 Å². The summed E-state index contributed by atoms with van der Waals surface area (Å²) in [4.78, 5) is 26.3. The zero-order chi connectivity index (χ0) is 20.4. The van der Waals surface area contributed by atoms with Crippen LogP contribution >= 0.6 is 0 Å². The number of nitrogens with zero attached hydrogens (tertiary/aromatic N) is 1. The molecule has 2 aliphatic heterocycles. The van der Waals surface area contributed by atoms with E-state index in [4.69, 9.17) is 14.2 Å². The van der Waals surface area contributed by atoms with Crippen molar-refractivity contribution in [3.05, 3.63) is 29.8 Å². The molecule has 0 N–H and O–H groups in total. The molecule has 6 nitrogen and oxygen atoms in total. The molecule has 2 aliphatic rings. The molecule has 1 atom stereocenters. The molecule has 1 fully saturated rings. The Labute approximate surface area is 167 Å². The number of ether oxygens (including phenoxy) is 3. The van der Waals surface area contributed by atoms with Crippen molar-refractivity contribution in [1.29, 1.82) is 0 Å². The first-order chi connectivity index (χ1) is 13.2. The van der Waals surface area contributed by atoms with E-state index < -0.39 is 5.60 Å². The topological polar surface area (TPSA) is 65.1 Å². The van der Waals surface area contributed by atoms with Crippen LogP contribution in [-0.2, 0) is 14.3 Å². The van der Waals surface area contributed by atoms with Gasteiger partial charge in [0.15, 0.2) is 0 Å². The average molecular weight is 389 g/mol. The van der Waals surface area contributed by atoms with E-state index in [0.29, 0.717) is 26.1 Å². The number of rotatable bonds is 3. The Balaban J connectivity index is 1.71. The van der Waals surface area contributed by atoms with E-state index in [9.17, 15) is 9.59 Å². The van der Waals surface area contributed by atoms with Crippen LogP contribution in [0.25, 0.3) is 0 Å². The van der Waals surface area contributed by atoms with Crippen LogP contribution in [-0.4, -0.2) is 47.9 Å². The highest BCUT2D eigenvalue weighted by atomic mass is 16.6. The molecule has 3 rings (SSSR count). The molecule has 1 spiro atoms. The highest BCUT2D eigenvalue weighted by Crippen LogP contribution is 2.46. The summed E-state index contributed by atoms with van der Waals surface area (Å²) in [5.41, 5.74) is 0.206. The molecule has 1 aromatic rings. The molecular weight excluding hydrogens is 358 g/mol. The fraction of sp³-hybridized carbons (Fsp3) is 0.636. The number of carbonyl (C=O) groups is 2. The maximum absolute atomic E-state index is 12.4. The van der Waals surface area contributed by atoms with Gasteiger partial charge in [-0.15, -0.1) is 0 Å². The third-order valence-corrected chi connectivity index (χ3v) is 5.35. The van der Waals surface area contributed by atoms with Crippen LogP contribution in [0.5, 0.6) is 5.75 Å². The molecular formula is C22H31NO5. The highest BCUT2D eigenvalue weighted by Gasteiger charge is 2.44. The van der Waals surface area contributed by atoms with Gasteiger partial charge in [0.05, 0.1) is 13.0 Å². The van der Waals surface area contributed by atoms with Crippen LogP contribution in [0.15, 0.2) is 24.3 Å². The molecule has 1 amide bonds. The van der Waals surface area contributed by atoms with Crippen molar-refractivity contribution < 1.29 is 23.8 Å². The predicted molar refractivity (Wildman–Crippen MR) is 105 cm³/mol. The van der Waals surface area contributed by atoms with Crippen LogP contribution < -0.4 is 4.74 Å². The number of carbonyl (C=O) groups excluding carboxylic acids is 2. The zero-order valence-electron chi connectivity index (χ0n) is 17.3. The highest BCUT2D eigenvalue weighted by molar-refractivity contribution is 5.71. The first-order valence-electron chi connectivity index (χ1n) is 10.1. The number of hydrogen-bond donors (Lipinski definition) is 0. The molecule has 0 bridgehead atoms. The molecule has 6 heteroatoms. The Morgan fingerprint density at radius 3 is 2.54 bits per heavy atom. The Bertz CT molecular complexity index is 716. The van der Waals surface area contributed by atoms with Crippen LogP contribution in [0, 0.1) is 0 Å². The van der Waals surface area contributed by atoms with Gasteiger partial charge in [-0.05, 0) is 45.7 Å². The number of esters is 1. The number of piperidine rings is 1. The Hall–Kier alpha value is -2.24. The van der Waals surface area contributed by atoms with E-state index in [0.717, 1.165) is 30.6 Å². The van der Waals surface area contributed by atoms with Crippen molar-refractivity contribution in [2.45, 2.75) is 70.5 Å². The molecule has 1 saturated heterocycles. The summed E-state index contributed by atoms with van der Waals surface area (Å²) in [5, 5.41) is 0. The van der Waals surface area contributed by atoms with Crippen LogP contribution in [0.4, 0.5) is 4.79 Å². The molecule has 28 heavy (non-hydrogen) atoms. The number of hydrogen-bond acceptors (Lipinski definition) is 5. The predicted octanol–water partition coefficient (Wildman–Crippen LogP) is 4.28. The van der Waals surface area contributed by atoms with Gasteiger partial charge in [-0.2, -0.15) is 0 Å². The van der Waals surface area contributed by atoms with Crippen LogP contribution in [0.3, 0.4) is 0 Å². The van der Waals surface area contributed by atoms with E-state index in [1.54, 1.807) is 4.90 Å². The zero-order valence-corrected chi connectivity index (χ0v) is 17.3. The first kappa shape index (κ1) is 20.5. The number of fused-ring (bicyclic) bond motifs is 1. The molecule has 1 aromatic carbocycles. The number of para-hydroxylation sites is 1. The molecule has 0 saturated carbocycles. The van der Waals surface area contributed by atoms with Gasteiger partial charge in [0.2, 0.25) is 0 Å². The fourth-order valence-electron chi connectivity index (χ4n) is 4.08. The number of benzene rings is 1. The van der Waals surface area contributed by atoms with Gasteiger partial charge in [-0.1, -0.05) is 18.2 Å². The van der Waals surface area contributed by atoms with Gasteiger partial charge in [0.25, 0.3) is 0 Å². The fourth-order valence-corrected chi connectivity index (χ4v) is 4.08. The first-order valence-corrected chi connectivity index (χ1v) is 10.1. The lowest BCUT2D eigenvalue weighted by atomic mass is 9.76. The summed E-state index contributed by atoms with van der Waals surface area (Å²) < 4.78 is 17.1. The summed E-state index contributed by atoms with van der Waals surface area (Å²) in [6.45, 7) is 9.00. The lowest BCUT2D eigenvalue weighted by molar-refractivity contribution is -0.144. The maximum atomic E-state index is 12.4. The monoisotopic (exact) mass is 389 g/mol. The lowest BCUT2D eigenvalue weighted by Crippen LogP contribution is -2.52. The standard InChI is InChI=1S/C22H31NO5/c1-5-26-19(24)14-16-15-22(27-18-9-7-6-8-17(16)18)10-12-23(13-11-22)20(25)28-21(2,3)4/h6-9,16H,5,10-15H2,1-4H3. The maximum Gasteiger partial charge on any atom is 0.410 e. The number of likely N-dealkylation sites (tertiary alicyclic amines) is 1. The third-order valence-electron chi connectivity index (χ3n) is 5.35. The van der Waals surface area contributed by atoms with Crippen molar-refractivity contribution in [2.75, 3.05) is 19.7 Å². The van der Waals surface area contributed by atoms with E-state index in [1.807, 2.05) is 52.0 Å². The summed E-state index contributed by atoms with van der Waals surface area (Å²) in [5.74, 6) is 0.733. The normalized spacial score (nSPS) is 20.9. The summed E-state index contributed by atoms with van der Waals surface area (Å²) in [7, 11) is 0. The minimum atomic E-state index is -0.503. The number of amides is 1. The molecule has 0 aromatic heterocycles. The smallest absolute Gasteiger partial charge is 0.410 e. The minimum Gasteiger partial charge on any atom is -0.487 e. The second-order valence-corrected chi connectivity index (χ2v) is 8.70. The Kier molecular flexibility index (Phi) is 5.87. The second-order valence-electron chi connectivity index (χ2n) is 8.70. The molecule has 0 radical (unpaired) electrons. The largest absolute Gasteiger partial charge is 0.487 e. The van der Waals surface area contributed by atoms with E-state index in [2.05, 4.69) is 0 Å². The summed E-state index contributed by atoms with van der Waals surface area (Å²) in [6, 6.07) is 7.93. The van der Waals surface area contributed by atoms with Crippen molar-refractivity contribution in [3.63, 3.8) is 0 Å². The third kappa shape index (κ3) is 4.78. The van der Waals surface area contributed by atoms with Crippen LogP contribution in [0.1, 0.15) is 64.9 Å². The SMILES string of the molecule is CCOC(=O)CC1CC2(CCN(C(=O)OC(C)(C)C)CC2)Oc2ccccc21. The van der Waals surface area contributed by atoms with Crippen LogP contribution in [0.2, 0.25) is 0 Å². The van der Waals surface area contributed by atoms with Gasteiger partial charge in [0.1, 0.15) is 17.0 Å². The van der Waals surface area contributed by atoms with E-state index >= 15 is 0 Å². The Morgan fingerprint density at radius 2 is 1.89 bits per heavy atom. The van der Waals surface area contributed by atoms with Crippen molar-refractivity contribution in [3.8, 4) is 5.75 Å². The van der Waals surface area contributed by atoms with Crippen molar-refractivity contribution >= 4 is 12.1 Å². The van der Waals surface area contributed by atoms with Gasteiger partial charge in [0, 0.05) is 31.8 Å². The second kappa shape index (κ2) is 8.02. The van der Waals surface area contributed by atoms with E-state index in [-0.39, 0.29) is 23.6 Å². The van der Waals surface area contributed by atoms with Gasteiger partial charge >= 0.3 is 12.1 Å². The Morgan fingerprint density at radius 1 is 1.21 bits per heavy atom. The summed E-state index contributed by atoms with van der Waals surface area (Å²) >= 11 is 0. The molecule has 154 valence electrons. The quantitative estimate of drug-likeness (QED) is 0.722. The molecule has 1 unspecified atom stereocenters. The average Bonchev–Trinajstić information content (AvgIpc) is 2.61. The molecule has 2 heterocycles. The van der Waals surface area contributed by atoms with Gasteiger partial charge in [-0.25, -0.2) is 4.79 Å². The minimum absolute atomic E-state index is 0.0667. The van der Waals surface area contributed by atoms with Gasteiger partial charge in [-0.3, -0.25) is 4.79 Å². The van der Waals surface area contributed by atoms with Crippen molar-refractivity contribution in [2.24, 2.45) is 0 Å². The van der Waals surface area contributed by atoms with E-state index in [1.165, 1.54) is 0 Å².